The van der Waals surface area contributed by atoms with E-state index in [1.54, 1.807) is 0 Å². The molecular weight excluding hydrogens is 259 g/mol. The summed E-state index contributed by atoms with van der Waals surface area (Å²) in [6, 6.07) is 0. The lowest BCUT2D eigenvalue weighted by Crippen LogP contribution is -2.43. The van der Waals surface area contributed by atoms with Crippen LogP contribution in [0, 0.1) is 5.92 Å². The minimum Gasteiger partial charge on any atom is -0.368 e. The van der Waals surface area contributed by atoms with E-state index in [0.29, 0.717) is 0 Å². The zero-order valence-corrected chi connectivity index (χ0v) is 10.9. The SMILES string of the molecule is O=C(COC1CCCC1)N1CCC(C(F)(F)F)CC1. The van der Waals surface area contributed by atoms with Gasteiger partial charge in [0.25, 0.3) is 0 Å². The predicted molar refractivity (Wildman–Crippen MR) is 63.6 cm³/mol. The van der Waals surface area contributed by atoms with E-state index in [0.717, 1.165) is 25.7 Å². The van der Waals surface area contributed by atoms with Crippen LogP contribution < -0.4 is 0 Å². The van der Waals surface area contributed by atoms with Gasteiger partial charge in [0.15, 0.2) is 0 Å². The first-order valence-corrected chi connectivity index (χ1v) is 6.93. The number of piperidine rings is 1. The second-order valence-corrected chi connectivity index (χ2v) is 5.41. The number of alkyl halides is 3. The Labute approximate surface area is 111 Å². The molecule has 110 valence electrons. The van der Waals surface area contributed by atoms with Crippen LogP contribution in [0.5, 0.6) is 0 Å². The molecular formula is C13H20F3NO2. The zero-order valence-electron chi connectivity index (χ0n) is 10.9. The van der Waals surface area contributed by atoms with Gasteiger partial charge < -0.3 is 9.64 Å². The fraction of sp³-hybridized carbons (Fsp3) is 0.923. The fourth-order valence-corrected chi connectivity index (χ4v) is 2.79. The van der Waals surface area contributed by atoms with Gasteiger partial charge in [0, 0.05) is 13.1 Å². The molecule has 6 heteroatoms. The lowest BCUT2D eigenvalue weighted by Gasteiger charge is -2.33. The van der Waals surface area contributed by atoms with Crippen molar-refractivity contribution in [2.45, 2.75) is 50.8 Å². The molecule has 1 amide bonds. The Bertz CT molecular complexity index is 306. The molecule has 0 spiro atoms. The normalized spacial score (nSPS) is 23.0. The summed E-state index contributed by atoms with van der Waals surface area (Å²) in [6.45, 7) is 0.398. The highest BCUT2D eigenvalue weighted by Crippen LogP contribution is 2.34. The monoisotopic (exact) mass is 279 g/mol. The summed E-state index contributed by atoms with van der Waals surface area (Å²) in [6.07, 6.45) is 0.308. The summed E-state index contributed by atoms with van der Waals surface area (Å²) in [5, 5.41) is 0. The number of nitrogens with zero attached hydrogens (tertiary/aromatic N) is 1. The third-order valence-corrected chi connectivity index (χ3v) is 4.06. The van der Waals surface area contributed by atoms with Crippen LogP contribution in [-0.4, -0.2) is 42.8 Å². The number of hydrogen-bond acceptors (Lipinski definition) is 2. The first kappa shape index (κ1) is 14.6. The molecule has 0 aromatic rings. The molecule has 0 aromatic carbocycles. The lowest BCUT2D eigenvalue weighted by atomic mass is 9.96. The van der Waals surface area contributed by atoms with Gasteiger partial charge in [0.05, 0.1) is 12.0 Å². The number of rotatable bonds is 3. The minimum absolute atomic E-state index is 0.0126. The van der Waals surface area contributed by atoms with Crippen molar-refractivity contribution >= 4 is 5.91 Å². The Morgan fingerprint density at radius 1 is 1.11 bits per heavy atom. The topological polar surface area (TPSA) is 29.5 Å². The number of ether oxygens (including phenoxy) is 1. The highest BCUT2D eigenvalue weighted by molar-refractivity contribution is 5.77. The van der Waals surface area contributed by atoms with E-state index in [9.17, 15) is 18.0 Å². The van der Waals surface area contributed by atoms with E-state index in [2.05, 4.69) is 0 Å². The van der Waals surface area contributed by atoms with Gasteiger partial charge in [-0.15, -0.1) is 0 Å². The summed E-state index contributed by atoms with van der Waals surface area (Å²) in [4.78, 5) is 13.3. The van der Waals surface area contributed by atoms with Crippen molar-refractivity contribution in [3.63, 3.8) is 0 Å². The summed E-state index contributed by atoms with van der Waals surface area (Å²) in [5.41, 5.74) is 0. The third kappa shape index (κ3) is 4.09. The smallest absolute Gasteiger partial charge is 0.368 e. The molecule has 19 heavy (non-hydrogen) atoms. The van der Waals surface area contributed by atoms with Crippen molar-refractivity contribution in [3.8, 4) is 0 Å². The molecule has 1 aliphatic heterocycles. The van der Waals surface area contributed by atoms with Crippen molar-refractivity contribution in [1.82, 2.24) is 4.90 Å². The van der Waals surface area contributed by atoms with E-state index < -0.39 is 12.1 Å². The quantitative estimate of drug-likeness (QED) is 0.795. The van der Waals surface area contributed by atoms with Crippen LogP contribution in [0.15, 0.2) is 0 Å². The molecule has 2 rings (SSSR count). The van der Waals surface area contributed by atoms with Crippen molar-refractivity contribution in [2.75, 3.05) is 19.7 Å². The number of amides is 1. The molecule has 1 heterocycles. The Kier molecular flexibility index (Phi) is 4.71. The Morgan fingerprint density at radius 2 is 1.68 bits per heavy atom. The van der Waals surface area contributed by atoms with Crippen molar-refractivity contribution in [1.29, 1.82) is 0 Å². The Hall–Kier alpha value is -0.780. The minimum atomic E-state index is -4.13. The molecule has 0 radical (unpaired) electrons. The van der Waals surface area contributed by atoms with Gasteiger partial charge in [-0.05, 0) is 25.7 Å². The lowest BCUT2D eigenvalue weighted by molar-refractivity contribution is -0.187. The van der Waals surface area contributed by atoms with Gasteiger partial charge in [0.2, 0.25) is 5.91 Å². The second-order valence-electron chi connectivity index (χ2n) is 5.41. The molecule has 1 saturated carbocycles. The summed E-state index contributed by atoms with van der Waals surface area (Å²) in [7, 11) is 0. The van der Waals surface area contributed by atoms with Gasteiger partial charge in [-0.25, -0.2) is 0 Å². The first-order valence-electron chi connectivity index (χ1n) is 6.93. The van der Waals surface area contributed by atoms with Crippen LogP contribution in [0.1, 0.15) is 38.5 Å². The molecule has 1 aliphatic carbocycles. The molecule has 1 saturated heterocycles. The van der Waals surface area contributed by atoms with E-state index in [4.69, 9.17) is 4.74 Å². The summed E-state index contributed by atoms with van der Waals surface area (Å²) < 4.78 is 43.0. The van der Waals surface area contributed by atoms with Crippen LogP contribution in [0.2, 0.25) is 0 Å². The molecule has 0 unspecified atom stereocenters. The maximum Gasteiger partial charge on any atom is 0.391 e. The van der Waals surface area contributed by atoms with E-state index in [1.165, 1.54) is 4.90 Å². The predicted octanol–water partition coefficient (Wildman–Crippen LogP) is 2.75. The third-order valence-electron chi connectivity index (χ3n) is 4.06. The number of likely N-dealkylation sites (tertiary alicyclic amines) is 1. The van der Waals surface area contributed by atoms with Gasteiger partial charge in [-0.1, -0.05) is 12.8 Å². The van der Waals surface area contributed by atoms with Crippen LogP contribution in [0.4, 0.5) is 13.2 Å². The molecule has 3 nitrogen and oxygen atoms in total. The zero-order chi connectivity index (χ0) is 13.9. The van der Waals surface area contributed by atoms with Gasteiger partial charge in [-0.3, -0.25) is 4.79 Å². The maximum atomic E-state index is 12.5. The van der Waals surface area contributed by atoms with Crippen LogP contribution in [0.3, 0.4) is 0 Å². The molecule has 0 bridgehead atoms. The van der Waals surface area contributed by atoms with Crippen molar-refractivity contribution in [2.24, 2.45) is 5.92 Å². The van der Waals surface area contributed by atoms with Crippen molar-refractivity contribution < 1.29 is 22.7 Å². The van der Waals surface area contributed by atoms with Crippen LogP contribution in [0.25, 0.3) is 0 Å². The number of halogens is 3. The second kappa shape index (κ2) is 6.11. The summed E-state index contributed by atoms with van der Waals surface area (Å²) in [5.74, 6) is -1.43. The highest BCUT2D eigenvalue weighted by atomic mass is 19.4. The van der Waals surface area contributed by atoms with Gasteiger partial charge in [-0.2, -0.15) is 13.2 Å². The Morgan fingerprint density at radius 3 is 2.21 bits per heavy atom. The first-order chi connectivity index (χ1) is 8.97. The Balaban J connectivity index is 1.70. The number of carbonyl (C=O) groups excluding carboxylic acids is 1. The van der Waals surface area contributed by atoms with Crippen molar-refractivity contribution in [3.05, 3.63) is 0 Å². The number of hydrogen-bond donors (Lipinski definition) is 0. The average Bonchev–Trinajstić information content (AvgIpc) is 2.88. The van der Waals surface area contributed by atoms with Crippen LogP contribution in [-0.2, 0) is 9.53 Å². The van der Waals surface area contributed by atoms with Gasteiger partial charge in [0.1, 0.15) is 6.61 Å². The standard InChI is InChI=1S/C13H20F3NO2/c14-13(15,16)10-5-7-17(8-6-10)12(18)9-19-11-3-1-2-4-11/h10-11H,1-9H2. The van der Waals surface area contributed by atoms with Gasteiger partial charge >= 0.3 is 6.18 Å². The highest BCUT2D eigenvalue weighted by Gasteiger charge is 2.41. The van der Waals surface area contributed by atoms with Crippen LogP contribution >= 0.6 is 0 Å². The number of carbonyl (C=O) groups is 1. The molecule has 0 aromatic heterocycles. The van der Waals surface area contributed by atoms with E-state index in [1.807, 2.05) is 0 Å². The maximum absolute atomic E-state index is 12.5. The average molecular weight is 279 g/mol. The molecule has 0 N–H and O–H groups in total. The van der Waals surface area contributed by atoms with E-state index >= 15 is 0 Å². The summed E-state index contributed by atoms with van der Waals surface area (Å²) >= 11 is 0. The molecule has 0 atom stereocenters. The fourth-order valence-electron chi connectivity index (χ4n) is 2.79. The molecule has 2 fully saturated rings. The van der Waals surface area contributed by atoms with E-state index in [-0.39, 0.29) is 44.5 Å². The largest absolute Gasteiger partial charge is 0.391 e. The molecule has 2 aliphatic rings.